The molecule has 3 nitrogen and oxygen atoms in total. The Morgan fingerprint density at radius 1 is 0.968 bits per heavy atom. The summed E-state index contributed by atoms with van der Waals surface area (Å²) in [6.07, 6.45) is 1.90. The number of hydrogen-bond donors (Lipinski definition) is 0. The number of ether oxygens (including phenoxy) is 1. The molecule has 0 saturated carbocycles. The highest BCUT2D eigenvalue weighted by molar-refractivity contribution is 14.1. The fourth-order valence-corrected chi connectivity index (χ4v) is 6.40. The highest BCUT2D eigenvalue weighted by atomic mass is 127. The molecule has 1 aliphatic heterocycles. The van der Waals surface area contributed by atoms with E-state index in [-0.39, 0.29) is 5.91 Å². The van der Waals surface area contributed by atoms with E-state index in [0.29, 0.717) is 22.4 Å². The summed E-state index contributed by atoms with van der Waals surface area (Å²) in [5.41, 5.74) is 3.03. The van der Waals surface area contributed by atoms with Crippen molar-refractivity contribution in [3.63, 3.8) is 0 Å². The Kier molecular flexibility index (Phi) is 7.68. The highest BCUT2D eigenvalue weighted by Gasteiger charge is 2.32. The lowest BCUT2D eigenvalue weighted by atomic mass is 10.1. The summed E-state index contributed by atoms with van der Waals surface area (Å²) < 4.78 is 8.85. The van der Waals surface area contributed by atoms with Crippen molar-refractivity contribution in [3.8, 4) is 5.75 Å². The molecule has 3 aromatic rings. The van der Waals surface area contributed by atoms with Gasteiger partial charge in [-0.2, -0.15) is 0 Å². The largest absolute Gasteiger partial charge is 0.487 e. The maximum Gasteiger partial charge on any atom is 0.266 e. The van der Waals surface area contributed by atoms with E-state index in [2.05, 4.69) is 51.2 Å². The number of halogens is 2. The number of benzene rings is 3. The van der Waals surface area contributed by atoms with E-state index in [4.69, 9.17) is 17.0 Å². The minimum absolute atomic E-state index is 0.0678. The average Bonchev–Trinajstić information content (AvgIpc) is 3.02. The Hall–Kier alpha value is -1.43. The monoisotopic (exact) mass is 669 g/mol. The van der Waals surface area contributed by atoms with Gasteiger partial charge in [0.25, 0.3) is 5.91 Å². The molecule has 156 valence electrons. The molecule has 0 aliphatic carbocycles. The normalized spacial score (nSPS) is 15.0. The summed E-state index contributed by atoms with van der Waals surface area (Å²) in [5.74, 6) is 0.708. The molecular formula is C24H17I2NO2S2. The van der Waals surface area contributed by atoms with Crippen LogP contribution in [0.3, 0.4) is 0 Å². The first-order valence-corrected chi connectivity index (χ1v) is 12.8. The van der Waals surface area contributed by atoms with Crippen LogP contribution in [0.2, 0.25) is 0 Å². The average molecular weight is 669 g/mol. The quantitative estimate of drug-likeness (QED) is 0.163. The molecule has 1 amide bonds. The lowest BCUT2D eigenvalue weighted by Gasteiger charge is -2.14. The number of rotatable bonds is 6. The van der Waals surface area contributed by atoms with Gasteiger partial charge >= 0.3 is 0 Å². The van der Waals surface area contributed by atoms with Crippen LogP contribution in [0.5, 0.6) is 5.75 Å². The van der Waals surface area contributed by atoms with Crippen LogP contribution in [-0.4, -0.2) is 15.1 Å². The minimum Gasteiger partial charge on any atom is -0.487 e. The minimum atomic E-state index is -0.0678. The summed E-state index contributed by atoms with van der Waals surface area (Å²) >= 11 is 11.4. The van der Waals surface area contributed by atoms with E-state index < -0.39 is 0 Å². The van der Waals surface area contributed by atoms with Crippen LogP contribution >= 0.6 is 69.2 Å². The Bertz CT molecular complexity index is 1150. The molecular weight excluding hydrogens is 652 g/mol. The first kappa shape index (κ1) is 22.8. The van der Waals surface area contributed by atoms with E-state index in [9.17, 15) is 4.79 Å². The van der Waals surface area contributed by atoms with Crippen molar-refractivity contribution in [2.75, 3.05) is 0 Å². The van der Waals surface area contributed by atoms with Gasteiger partial charge in [0.05, 0.1) is 15.0 Å². The second-order valence-corrected chi connectivity index (χ2v) is 10.9. The molecule has 0 N–H and O–H groups in total. The number of hydrogen-bond acceptors (Lipinski definition) is 4. The number of thiocarbonyl (C=S) groups is 1. The molecule has 1 heterocycles. The number of thioether (sulfide) groups is 1. The summed E-state index contributed by atoms with van der Waals surface area (Å²) in [5, 5.41) is 0. The van der Waals surface area contributed by atoms with Gasteiger partial charge in [0.2, 0.25) is 0 Å². The first-order chi connectivity index (χ1) is 15.0. The predicted molar refractivity (Wildman–Crippen MR) is 148 cm³/mol. The van der Waals surface area contributed by atoms with E-state index in [1.54, 1.807) is 4.90 Å². The molecule has 0 unspecified atom stereocenters. The third-order valence-corrected chi connectivity index (χ3v) is 7.41. The second kappa shape index (κ2) is 10.5. The topological polar surface area (TPSA) is 29.5 Å². The zero-order valence-corrected chi connectivity index (χ0v) is 22.2. The molecule has 0 aromatic heterocycles. The van der Waals surface area contributed by atoms with Gasteiger partial charge < -0.3 is 4.74 Å². The van der Waals surface area contributed by atoms with Crippen LogP contribution in [0.4, 0.5) is 0 Å². The fraction of sp³-hybridized carbons (Fsp3) is 0.0833. The van der Waals surface area contributed by atoms with Crippen LogP contribution in [-0.2, 0) is 17.9 Å². The van der Waals surface area contributed by atoms with E-state index in [1.165, 1.54) is 11.8 Å². The maximum atomic E-state index is 13.1. The van der Waals surface area contributed by atoms with Crippen molar-refractivity contribution in [2.24, 2.45) is 0 Å². The lowest BCUT2D eigenvalue weighted by Crippen LogP contribution is -2.27. The number of nitrogens with zero attached hydrogens (tertiary/aromatic N) is 1. The smallest absolute Gasteiger partial charge is 0.266 e. The molecule has 0 radical (unpaired) electrons. The van der Waals surface area contributed by atoms with Crippen LogP contribution in [0, 0.1) is 7.14 Å². The third kappa shape index (κ3) is 5.68. The van der Waals surface area contributed by atoms with E-state index in [1.807, 2.05) is 72.8 Å². The van der Waals surface area contributed by atoms with Crippen molar-refractivity contribution >= 4 is 85.5 Å². The van der Waals surface area contributed by atoms with Crippen LogP contribution in [0.25, 0.3) is 6.08 Å². The summed E-state index contributed by atoms with van der Waals surface area (Å²) in [7, 11) is 0. The molecule has 0 spiro atoms. The Balaban J connectivity index is 1.60. The van der Waals surface area contributed by atoms with Crippen molar-refractivity contribution in [2.45, 2.75) is 13.2 Å². The zero-order chi connectivity index (χ0) is 21.8. The summed E-state index contributed by atoms with van der Waals surface area (Å²) in [4.78, 5) is 15.4. The predicted octanol–water partition coefficient (Wildman–Crippen LogP) is 6.88. The number of carbonyl (C=O) groups excluding carboxylic acids is 1. The molecule has 0 atom stereocenters. The lowest BCUT2D eigenvalue weighted by molar-refractivity contribution is -0.122. The Labute approximate surface area is 218 Å². The molecule has 0 bridgehead atoms. The van der Waals surface area contributed by atoms with Gasteiger partial charge in [-0.1, -0.05) is 84.6 Å². The highest BCUT2D eigenvalue weighted by Crippen LogP contribution is 2.37. The number of carbonyl (C=O) groups is 1. The van der Waals surface area contributed by atoms with Crippen molar-refractivity contribution in [3.05, 3.63) is 102 Å². The standard InChI is InChI=1S/C24H17I2NO2S2/c25-19-11-18(22(20(26)13-19)29-15-17-9-5-2-6-10-17)12-21-23(28)27(24(30)31-21)14-16-7-3-1-4-8-16/h1-13H,14-15H2/b21-12-. The number of amides is 1. The van der Waals surface area contributed by atoms with E-state index in [0.717, 1.165) is 29.6 Å². The molecule has 7 heteroatoms. The molecule has 1 saturated heterocycles. The van der Waals surface area contributed by atoms with Gasteiger partial charge in [0, 0.05) is 9.13 Å². The second-order valence-electron chi connectivity index (χ2n) is 6.83. The molecule has 3 aromatic carbocycles. The SMILES string of the molecule is O=C1/C(=C/c2cc(I)cc(I)c2OCc2ccccc2)SC(=S)N1Cc1ccccc1. The van der Waals surface area contributed by atoms with Crippen LogP contribution in [0.1, 0.15) is 16.7 Å². The van der Waals surface area contributed by atoms with Crippen molar-refractivity contribution < 1.29 is 9.53 Å². The molecule has 31 heavy (non-hydrogen) atoms. The summed E-state index contributed by atoms with van der Waals surface area (Å²) in [6.45, 7) is 0.942. The van der Waals surface area contributed by atoms with E-state index >= 15 is 0 Å². The molecule has 1 aliphatic rings. The first-order valence-electron chi connectivity index (χ1n) is 9.46. The Morgan fingerprint density at radius 3 is 2.29 bits per heavy atom. The maximum absolute atomic E-state index is 13.1. The third-order valence-electron chi connectivity index (χ3n) is 4.61. The van der Waals surface area contributed by atoms with Crippen LogP contribution < -0.4 is 4.74 Å². The molecule has 1 fully saturated rings. The van der Waals surface area contributed by atoms with Gasteiger partial charge in [-0.05, 0) is 74.5 Å². The zero-order valence-electron chi connectivity index (χ0n) is 16.3. The van der Waals surface area contributed by atoms with Gasteiger partial charge in [-0.25, -0.2) is 0 Å². The van der Waals surface area contributed by atoms with Gasteiger partial charge in [-0.3, -0.25) is 9.69 Å². The fourth-order valence-electron chi connectivity index (χ4n) is 3.11. The molecule has 4 rings (SSSR count). The van der Waals surface area contributed by atoms with Crippen LogP contribution in [0.15, 0.2) is 77.7 Å². The Morgan fingerprint density at radius 2 is 1.61 bits per heavy atom. The van der Waals surface area contributed by atoms with Gasteiger partial charge in [0.15, 0.2) is 0 Å². The van der Waals surface area contributed by atoms with Gasteiger partial charge in [0.1, 0.15) is 16.7 Å². The van der Waals surface area contributed by atoms with Crippen molar-refractivity contribution in [1.82, 2.24) is 4.90 Å². The van der Waals surface area contributed by atoms with Crippen molar-refractivity contribution in [1.29, 1.82) is 0 Å². The summed E-state index contributed by atoms with van der Waals surface area (Å²) in [6, 6.07) is 24.0. The van der Waals surface area contributed by atoms with Gasteiger partial charge in [-0.15, -0.1) is 0 Å².